The average molecular weight is 347 g/mol. The standard InChI is InChI=1S/C16H17N3O6/c1-24-8-2-3-10-11(4-8)18-14(17)6-13(10)25-9-5-12(15(20)21)19(7-9)16(22)23/h2-4,6,9,12H,5,7H2,1H3,(H2,17,18)(H,20,21)(H,22,23). The lowest BCUT2D eigenvalue weighted by atomic mass is 10.1. The number of benzene rings is 1. The fraction of sp³-hybridized carbons (Fsp3) is 0.312. The second kappa shape index (κ2) is 6.34. The normalized spacial score (nSPS) is 19.8. The van der Waals surface area contributed by atoms with Gasteiger partial charge in [0.15, 0.2) is 0 Å². The topological polar surface area (TPSA) is 135 Å². The van der Waals surface area contributed by atoms with Crippen molar-refractivity contribution < 1.29 is 29.3 Å². The van der Waals surface area contributed by atoms with Crippen molar-refractivity contribution in [3.05, 3.63) is 24.3 Å². The Balaban J connectivity index is 1.90. The van der Waals surface area contributed by atoms with Crippen LogP contribution in [0.3, 0.4) is 0 Å². The van der Waals surface area contributed by atoms with E-state index < -0.39 is 24.2 Å². The highest BCUT2D eigenvalue weighted by Gasteiger charge is 2.41. The number of rotatable bonds is 4. The van der Waals surface area contributed by atoms with E-state index in [-0.39, 0.29) is 18.8 Å². The third kappa shape index (κ3) is 3.21. The zero-order chi connectivity index (χ0) is 18.1. The molecule has 1 saturated heterocycles. The van der Waals surface area contributed by atoms with Gasteiger partial charge in [-0.15, -0.1) is 0 Å². The maximum Gasteiger partial charge on any atom is 0.408 e. The number of carboxylic acid groups (broad SMARTS) is 2. The first-order chi connectivity index (χ1) is 11.9. The lowest BCUT2D eigenvalue weighted by molar-refractivity contribution is -0.141. The van der Waals surface area contributed by atoms with E-state index in [4.69, 9.17) is 20.3 Å². The summed E-state index contributed by atoms with van der Waals surface area (Å²) in [6, 6.07) is 5.61. The summed E-state index contributed by atoms with van der Waals surface area (Å²) in [7, 11) is 1.54. The van der Waals surface area contributed by atoms with Crippen LogP contribution in [0.2, 0.25) is 0 Å². The number of hydrogen-bond donors (Lipinski definition) is 3. The maximum absolute atomic E-state index is 11.2. The summed E-state index contributed by atoms with van der Waals surface area (Å²) in [5.74, 6) is 0.0721. The van der Waals surface area contributed by atoms with Crippen molar-refractivity contribution in [3.63, 3.8) is 0 Å². The number of anilines is 1. The van der Waals surface area contributed by atoms with Gasteiger partial charge >= 0.3 is 12.1 Å². The number of nitrogens with zero attached hydrogens (tertiary/aromatic N) is 2. The lowest BCUT2D eigenvalue weighted by Gasteiger charge is -2.17. The minimum Gasteiger partial charge on any atom is -0.497 e. The number of carbonyl (C=O) groups is 2. The monoisotopic (exact) mass is 347 g/mol. The summed E-state index contributed by atoms with van der Waals surface area (Å²) in [6.07, 6.45) is -1.83. The van der Waals surface area contributed by atoms with Gasteiger partial charge in [0.25, 0.3) is 0 Å². The maximum atomic E-state index is 11.2. The van der Waals surface area contributed by atoms with Gasteiger partial charge in [-0.3, -0.25) is 4.90 Å². The molecule has 1 aliphatic heterocycles. The molecule has 0 radical (unpaired) electrons. The number of likely N-dealkylation sites (tertiary alicyclic amines) is 1. The van der Waals surface area contributed by atoms with Gasteiger partial charge in [0.2, 0.25) is 0 Å². The summed E-state index contributed by atoms with van der Waals surface area (Å²) < 4.78 is 11.0. The molecule has 2 aromatic rings. The first kappa shape index (κ1) is 16.6. The molecule has 2 unspecified atom stereocenters. The van der Waals surface area contributed by atoms with Gasteiger partial charge in [0.05, 0.1) is 19.2 Å². The average Bonchev–Trinajstić information content (AvgIpc) is 2.98. The van der Waals surface area contributed by atoms with Crippen LogP contribution in [0.15, 0.2) is 24.3 Å². The summed E-state index contributed by atoms with van der Waals surface area (Å²) in [4.78, 5) is 27.6. The van der Waals surface area contributed by atoms with Crippen LogP contribution in [0.1, 0.15) is 6.42 Å². The van der Waals surface area contributed by atoms with Gasteiger partial charge in [-0.1, -0.05) is 0 Å². The van der Waals surface area contributed by atoms with E-state index >= 15 is 0 Å². The smallest absolute Gasteiger partial charge is 0.408 e. The number of amides is 1. The number of ether oxygens (including phenoxy) is 2. The number of aliphatic carboxylic acids is 1. The molecule has 9 heteroatoms. The molecule has 1 aromatic carbocycles. The molecule has 0 bridgehead atoms. The summed E-state index contributed by atoms with van der Waals surface area (Å²) >= 11 is 0. The van der Waals surface area contributed by atoms with E-state index in [0.29, 0.717) is 22.4 Å². The first-order valence-corrected chi connectivity index (χ1v) is 7.52. The first-order valence-electron chi connectivity index (χ1n) is 7.52. The number of pyridine rings is 1. The number of methoxy groups -OCH3 is 1. The number of nitrogens with two attached hydrogens (primary N) is 1. The molecule has 4 N–H and O–H groups in total. The third-order valence-corrected chi connectivity index (χ3v) is 4.09. The van der Waals surface area contributed by atoms with E-state index in [0.717, 1.165) is 4.90 Å². The Morgan fingerprint density at radius 1 is 1.32 bits per heavy atom. The number of carboxylic acids is 1. The SMILES string of the molecule is COc1ccc2c(OC3CC(C(=O)O)N(C(=O)O)C3)cc(N)nc2c1. The molecule has 2 atom stereocenters. The van der Waals surface area contributed by atoms with Crippen molar-refractivity contribution in [2.75, 3.05) is 19.4 Å². The number of fused-ring (bicyclic) bond motifs is 1. The molecule has 0 saturated carbocycles. The largest absolute Gasteiger partial charge is 0.497 e. The van der Waals surface area contributed by atoms with Gasteiger partial charge < -0.3 is 25.4 Å². The lowest BCUT2D eigenvalue weighted by Crippen LogP contribution is -2.39. The van der Waals surface area contributed by atoms with E-state index in [9.17, 15) is 14.7 Å². The molecule has 2 heterocycles. The van der Waals surface area contributed by atoms with Crippen molar-refractivity contribution in [2.45, 2.75) is 18.6 Å². The van der Waals surface area contributed by atoms with E-state index in [1.807, 2.05) is 0 Å². The number of aromatic nitrogens is 1. The molecular weight excluding hydrogens is 330 g/mol. The fourth-order valence-corrected chi connectivity index (χ4v) is 2.93. The van der Waals surface area contributed by atoms with E-state index in [1.54, 1.807) is 18.2 Å². The van der Waals surface area contributed by atoms with Gasteiger partial charge in [-0.05, 0) is 12.1 Å². The molecule has 3 rings (SSSR count). The van der Waals surface area contributed by atoms with Crippen LogP contribution >= 0.6 is 0 Å². The molecule has 1 fully saturated rings. The van der Waals surface area contributed by atoms with Crippen LogP contribution in [0.25, 0.3) is 10.9 Å². The second-order valence-electron chi connectivity index (χ2n) is 5.69. The van der Waals surface area contributed by atoms with Crippen LogP contribution in [0, 0.1) is 0 Å². The van der Waals surface area contributed by atoms with Crippen LogP contribution in [-0.4, -0.2) is 58.0 Å². The Hall–Kier alpha value is -3.23. The Bertz CT molecular complexity index is 818. The number of nitrogen functional groups attached to an aromatic ring is 1. The van der Waals surface area contributed by atoms with Crippen LogP contribution in [-0.2, 0) is 4.79 Å². The van der Waals surface area contributed by atoms with Crippen molar-refractivity contribution in [2.24, 2.45) is 0 Å². The Morgan fingerprint density at radius 3 is 2.68 bits per heavy atom. The highest BCUT2D eigenvalue weighted by Crippen LogP contribution is 2.32. The highest BCUT2D eigenvalue weighted by molar-refractivity contribution is 5.88. The number of hydrogen-bond acceptors (Lipinski definition) is 6. The third-order valence-electron chi connectivity index (χ3n) is 4.09. The Kier molecular flexibility index (Phi) is 4.22. The quantitative estimate of drug-likeness (QED) is 0.755. The molecule has 0 aliphatic carbocycles. The Labute approximate surface area is 142 Å². The van der Waals surface area contributed by atoms with E-state index in [2.05, 4.69) is 4.98 Å². The predicted molar refractivity (Wildman–Crippen MR) is 87.9 cm³/mol. The zero-order valence-electron chi connectivity index (χ0n) is 13.4. The van der Waals surface area contributed by atoms with E-state index in [1.165, 1.54) is 13.2 Å². The van der Waals surface area contributed by atoms with Gasteiger partial charge in [-0.25, -0.2) is 14.6 Å². The minimum absolute atomic E-state index is 0.0355. The molecule has 0 spiro atoms. The summed E-state index contributed by atoms with van der Waals surface area (Å²) in [5.41, 5.74) is 6.38. The van der Waals surface area contributed by atoms with Gasteiger partial charge in [0, 0.05) is 23.9 Å². The zero-order valence-corrected chi connectivity index (χ0v) is 13.4. The van der Waals surface area contributed by atoms with Crippen LogP contribution in [0.5, 0.6) is 11.5 Å². The molecule has 9 nitrogen and oxygen atoms in total. The predicted octanol–water partition coefficient (Wildman–Crippen LogP) is 1.41. The molecular formula is C16H17N3O6. The van der Waals surface area contributed by atoms with Crippen LogP contribution in [0.4, 0.5) is 10.6 Å². The van der Waals surface area contributed by atoms with Crippen molar-refractivity contribution in [1.29, 1.82) is 0 Å². The molecule has 1 aromatic heterocycles. The van der Waals surface area contributed by atoms with Gasteiger partial charge in [0.1, 0.15) is 29.5 Å². The van der Waals surface area contributed by atoms with Crippen molar-refractivity contribution >= 4 is 28.8 Å². The summed E-state index contributed by atoms with van der Waals surface area (Å²) in [6.45, 7) is -0.0355. The summed E-state index contributed by atoms with van der Waals surface area (Å²) in [5, 5.41) is 19.0. The Morgan fingerprint density at radius 2 is 2.08 bits per heavy atom. The molecule has 1 aliphatic rings. The molecule has 1 amide bonds. The molecule has 132 valence electrons. The van der Waals surface area contributed by atoms with Gasteiger partial charge in [-0.2, -0.15) is 0 Å². The van der Waals surface area contributed by atoms with Crippen molar-refractivity contribution in [1.82, 2.24) is 9.88 Å². The highest BCUT2D eigenvalue weighted by atomic mass is 16.5. The minimum atomic E-state index is -1.29. The second-order valence-corrected chi connectivity index (χ2v) is 5.69. The fourth-order valence-electron chi connectivity index (χ4n) is 2.93. The van der Waals surface area contributed by atoms with Crippen molar-refractivity contribution in [3.8, 4) is 11.5 Å². The van der Waals surface area contributed by atoms with Crippen LogP contribution < -0.4 is 15.2 Å². The molecule has 25 heavy (non-hydrogen) atoms.